The summed E-state index contributed by atoms with van der Waals surface area (Å²) in [7, 11) is 0. The van der Waals surface area contributed by atoms with Gasteiger partial charge in [0, 0.05) is 5.92 Å². The molecule has 3 rings (SSSR count). The molecular weight excluding hydrogens is 276 g/mol. The second-order valence-corrected chi connectivity index (χ2v) is 6.86. The fraction of sp³-hybridized carbons (Fsp3) is 0.706. The summed E-state index contributed by atoms with van der Waals surface area (Å²) in [6.07, 6.45) is 7.85. The molecule has 0 aromatic carbocycles. The molecule has 1 aromatic rings. The molecule has 2 fully saturated rings. The van der Waals surface area contributed by atoms with Crippen LogP contribution in [0.3, 0.4) is 0 Å². The van der Waals surface area contributed by atoms with Crippen LogP contribution in [0.15, 0.2) is 4.79 Å². The Balaban J connectivity index is 1.88. The summed E-state index contributed by atoms with van der Waals surface area (Å²) in [5, 5.41) is 13.7. The Morgan fingerprint density at radius 1 is 1.27 bits per heavy atom. The summed E-state index contributed by atoms with van der Waals surface area (Å²) in [5.74, 6) is 0.815. The van der Waals surface area contributed by atoms with E-state index >= 15 is 0 Å². The van der Waals surface area contributed by atoms with Crippen molar-refractivity contribution in [3.05, 3.63) is 27.2 Å². The Hall–Kier alpha value is -1.67. The van der Waals surface area contributed by atoms with Gasteiger partial charge < -0.3 is 4.90 Å². The lowest BCUT2D eigenvalue weighted by Gasteiger charge is -2.41. The van der Waals surface area contributed by atoms with Gasteiger partial charge in [-0.05, 0) is 51.5 Å². The number of aryl methyl sites for hydroxylation is 1. The molecule has 1 aromatic heterocycles. The third-order valence-corrected chi connectivity index (χ3v) is 5.61. The third kappa shape index (κ3) is 2.68. The number of hydrogen-bond acceptors (Lipinski definition) is 3. The number of likely N-dealkylation sites (tertiary alicyclic amines) is 1. The Morgan fingerprint density at radius 2 is 2.00 bits per heavy atom. The molecule has 0 radical (unpaired) electrons. The molecule has 0 bridgehead atoms. The van der Waals surface area contributed by atoms with Gasteiger partial charge in [-0.15, -0.1) is 0 Å². The highest BCUT2D eigenvalue weighted by atomic mass is 16.1. The number of nitriles is 1. The zero-order chi connectivity index (χ0) is 15.7. The Labute approximate surface area is 131 Å². The molecule has 22 heavy (non-hydrogen) atoms. The van der Waals surface area contributed by atoms with Crippen LogP contribution in [0, 0.1) is 31.1 Å². The number of aromatic nitrogens is 2. The van der Waals surface area contributed by atoms with Crippen LogP contribution in [-0.2, 0) is 6.67 Å². The summed E-state index contributed by atoms with van der Waals surface area (Å²) in [6.45, 7) is 5.40. The van der Waals surface area contributed by atoms with Crippen LogP contribution in [-0.4, -0.2) is 22.4 Å². The number of nitrogens with zero attached hydrogens (tertiary/aromatic N) is 3. The fourth-order valence-electron chi connectivity index (χ4n) is 4.27. The van der Waals surface area contributed by atoms with Gasteiger partial charge in [0.05, 0.1) is 18.3 Å². The topological polar surface area (TPSA) is 63.1 Å². The second kappa shape index (κ2) is 6.21. The number of piperidine rings is 1. The normalized spacial score (nSPS) is 28.0. The minimum atomic E-state index is -0.226. The molecule has 0 amide bonds. The van der Waals surface area contributed by atoms with Gasteiger partial charge in [0.15, 0.2) is 6.67 Å². The number of fused-ring (bicyclic) bond motifs is 1. The van der Waals surface area contributed by atoms with E-state index in [2.05, 4.69) is 11.2 Å². The van der Waals surface area contributed by atoms with Crippen molar-refractivity contribution >= 4 is 0 Å². The van der Waals surface area contributed by atoms with Crippen molar-refractivity contribution in [3.63, 3.8) is 0 Å². The number of rotatable bonds is 2. The molecule has 2 heterocycles. The third-order valence-electron chi connectivity index (χ3n) is 5.61. The first-order valence-corrected chi connectivity index (χ1v) is 8.45. The molecule has 2 aliphatic rings. The Morgan fingerprint density at radius 3 is 2.77 bits per heavy atom. The molecule has 3 atom stereocenters. The van der Waals surface area contributed by atoms with E-state index in [1.807, 2.05) is 6.92 Å². The number of hydrogen-bond donors (Lipinski definition) is 1. The van der Waals surface area contributed by atoms with Gasteiger partial charge in [0.2, 0.25) is 0 Å². The molecule has 1 aliphatic carbocycles. The lowest BCUT2D eigenvalue weighted by atomic mass is 9.78. The van der Waals surface area contributed by atoms with Gasteiger partial charge in [-0.1, -0.05) is 6.42 Å². The van der Waals surface area contributed by atoms with Gasteiger partial charge in [-0.2, -0.15) is 15.0 Å². The van der Waals surface area contributed by atoms with Crippen molar-refractivity contribution in [3.8, 4) is 6.07 Å². The first kappa shape index (κ1) is 15.2. The zero-order valence-corrected chi connectivity index (χ0v) is 13.6. The van der Waals surface area contributed by atoms with E-state index in [1.165, 1.54) is 48.1 Å². The van der Waals surface area contributed by atoms with Crippen LogP contribution in [0.1, 0.15) is 55.3 Å². The maximum absolute atomic E-state index is 12.5. The predicted octanol–water partition coefficient (Wildman–Crippen LogP) is 0.927. The van der Waals surface area contributed by atoms with Crippen LogP contribution >= 0.6 is 0 Å². The first-order valence-electron chi connectivity index (χ1n) is 8.45. The van der Waals surface area contributed by atoms with E-state index in [0.717, 1.165) is 18.2 Å². The molecule has 1 aliphatic heterocycles. The van der Waals surface area contributed by atoms with E-state index < -0.39 is 0 Å². The van der Waals surface area contributed by atoms with E-state index in [1.54, 1.807) is 6.92 Å². The van der Waals surface area contributed by atoms with Crippen LogP contribution in [0.4, 0.5) is 0 Å². The summed E-state index contributed by atoms with van der Waals surface area (Å²) in [5.41, 5.74) is 1.53. The molecule has 1 unspecified atom stereocenters. The summed E-state index contributed by atoms with van der Waals surface area (Å²) >= 11 is 0. The molecule has 5 heteroatoms. The predicted molar refractivity (Wildman–Crippen MR) is 83.5 cm³/mol. The van der Waals surface area contributed by atoms with Crippen molar-refractivity contribution < 1.29 is 4.90 Å². The van der Waals surface area contributed by atoms with Crippen molar-refractivity contribution in [1.82, 2.24) is 9.78 Å². The van der Waals surface area contributed by atoms with Crippen LogP contribution < -0.4 is 10.5 Å². The highest BCUT2D eigenvalue weighted by Gasteiger charge is 2.36. The highest BCUT2D eigenvalue weighted by Crippen LogP contribution is 2.28. The lowest BCUT2D eigenvalue weighted by molar-refractivity contribution is -0.958. The summed E-state index contributed by atoms with van der Waals surface area (Å²) in [6, 6.07) is 2.73. The monoisotopic (exact) mass is 301 g/mol. The smallest absolute Gasteiger partial charge is 0.289 e. The zero-order valence-electron chi connectivity index (χ0n) is 13.6. The van der Waals surface area contributed by atoms with Crippen molar-refractivity contribution in [2.24, 2.45) is 5.92 Å². The number of nitrogens with one attached hydrogen (secondary N) is 1. The van der Waals surface area contributed by atoms with Gasteiger partial charge >= 0.3 is 0 Å². The molecule has 1 N–H and O–H groups in total. The minimum absolute atomic E-state index is 0.226. The van der Waals surface area contributed by atoms with Crippen LogP contribution in [0.5, 0.6) is 0 Å². The Kier molecular flexibility index (Phi) is 4.30. The second-order valence-electron chi connectivity index (χ2n) is 6.86. The average Bonchev–Trinajstić information content (AvgIpc) is 2.53. The van der Waals surface area contributed by atoms with Gasteiger partial charge in [-0.25, -0.2) is 0 Å². The van der Waals surface area contributed by atoms with Crippen molar-refractivity contribution in [1.29, 1.82) is 5.26 Å². The standard InChI is InChI=1S/C17H24N4O/c1-12-13(2)19-21(17(22)15(12)10-18)11-20-9-5-7-14-6-3-4-8-16(14)20/h14,16H,3-9,11H2,1-2H3/p+1/t14-,16+/m1/s1. The fourth-order valence-corrected chi connectivity index (χ4v) is 4.27. The largest absolute Gasteiger partial charge is 0.314 e. The molecule has 1 saturated heterocycles. The minimum Gasteiger partial charge on any atom is -0.314 e. The summed E-state index contributed by atoms with van der Waals surface area (Å²) in [4.78, 5) is 14.0. The molecule has 5 nitrogen and oxygen atoms in total. The van der Waals surface area contributed by atoms with E-state index in [0.29, 0.717) is 18.3 Å². The molecule has 118 valence electrons. The first-order chi connectivity index (χ1) is 10.6. The molecule has 1 saturated carbocycles. The molecule has 0 spiro atoms. The van der Waals surface area contributed by atoms with E-state index in [9.17, 15) is 10.1 Å². The molecular formula is C17H25N4O+. The van der Waals surface area contributed by atoms with E-state index in [4.69, 9.17) is 0 Å². The van der Waals surface area contributed by atoms with Crippen molar-refractivity contribution in [2.75, 3.05) is 6.54 Å². The van der Waals surface area contributed by atoms with E-state index in [-0.39, 0.29) is 11.1 Å². The van der Waals surface area contributed by atoms with Gasteiger partial charge in [-0.3, -0.25) is 4.79 Å². The SMILES string of the molecule is Cc1nn(C[NH+]2CCC[C@H]3CCCC[C@@H]32)c(=O)c(C#N)c1C. The van der Waals surface area contributed by atoms with Crippen LogP contribution in [0.2, 0.25) is 0 Å². The average molecular weight is 301 g/mol. The maximum atomic E-state index is 12.5. The highest BCUT2D eigenvalue weighted by molar-refractivity contribution is 5.36. The van der Waals surface area contributed by atoms with Gasteiger partial charge in [0.25, 0.3) is 5.56 Å². The van der Waals surface area contributed by atoms with Crippen molar-refractivity contribution in [2.45, 2.75) is 65.1 Å². The van der Waals surface area contributed by atoms with Crippen LogP contribution in [0.25, 0.3) is 0 Å². The maximum Gasteiger partial charge on any atom is 0.289 e. The Bertz CT molecular complexity index is 656. The number of quaternary nitrogens is 1. The van der Waals surface area contributed by atoms with Gasteiger partial charge in [0.1, 0.15) is 11.6 Å². The summed E-state index contributed by atoms with van der Waals surface area (Å²) < 4.78 is 1.53. The lowest BCUT2D eigenvalue weighted by Crippen LogP contribution is -3.17. The quantitative estimate of drug-likeness (QED) is 0.884.